The van der Waals surface area contributed by atoms with Gasteiger partial charge in [-0.15, -0.1) is 0 Å². The summed E-state index contributed by atoms with van der Waals surface area (Å²) in [6.45, 7) is 3.77. The zero-order valence-electron chi connectivity index (χ0n) is 11.7. The average Bonchev–Trinajstić information content (AvgIpc) is 2.68. The molecule has 0 unspecified atom stereocenters. The molecule has 2 heterocycles. The van der Waals surface area contributed by atoms with E-state index < -0.39 is 10.2 Å². The van der Waals surface area contributed by atoms with Crippen LogP contribution in [0.3, 0.4) is 0 Å². The van der Waals surface area contributed by atoms with Crippen molar-refractivity contribution >= 4 is 16.0 Å². The van der Waals surface area contributed by atoms with E-state index in [4.69, 9.17) is 0 Å². The standard InChI is InChI=1S/C11H16N6O2S/c1-8-5-9(2)17(14-8)11-6-10(12-7-13-11)15-20(18,19)16(3)4/h5-7H,1-4H3,(H,12,13,15). The Morgan fingerprint density at radius 3 is 2.45 bits per heavy atom. The minimum atomic E-state index is -3.59. The zero-order chi connectivity index (χ0) is 14.9. The second kappa shape index (κ2) is 5.17. The molecule has 0 aliphatic carbocycles. The van der Waals surface area contributed by atoms with Gasteiger partial charge in [0.15, 0.2) is 5.82 Å². The second-order valence-electron chi connectivity index (χ2n) is 4.49. The van der Waals surface area contributed by atoms with Crippen molar-refractivity contribution in [1.82, 2.24) is 24.1 Å². The molecule has 108 valence electrons. The summed E-state index contributed by atoms with van der Waals surface area (Å²) in [4.78, 5) is 8.00. The second-order valence-corrected chi connectivity index (χ2v) is 6.37. The first-order chi connectivity index (χ1) is 9.29. The first-order valence-electron chi connectivity index (χ1n) is 5.85. The summed E-state index contributed by atoms with van der Waals surface area (Å²) in [6.07, 6.45) is 1.29. The molecule has 0 atom stereocenters. The van der Waals surface area contributed by atoms with Gasteiger partial charge in [0.2, 0.25) is 0 Å². The molecule has 2 rings (SSSR count). The van der Waals surface area contributed by atoms with Crippen LogP contribution in [-0.4, -0.2) is 46.6 Å². The Kier molecular flexibility index (Phi) is 3.73. The van der Waals surface area contributed by atoms with Gasteiger partial charge < -0.3 is 0 Å². The lowest BCUT2D eigenvalue weighted by Crippen LogP contribution is -2.29. The van der Waals surface area contributed by atoms with Gasteiger partial charge in [0.1, 0.15) is 12.1 Å². The maximum atomic E-state index is 11.8. The molecule has 0 aliphatic heterocycles. The largest absolute Gasteiger partial charge is 0.302 e. The molecule has 2 aromatic rings. The van der Waals surface area contributed by atoms with Crippen molar-refractivity contribution in [2.24, 2.45) is 0 Å². The van der Waals surface area contributed by atoms with Crippen LogP contribution in [0.2, 0.25) is 0 Å². The number of nitrogens with one attached hydrogen (secondary N) is 1. The van der Waals surface area contributed by atoms with Gasteiger partial charge in [-0.1, -0.05) is 0 Å². The van der Waals surface area contributed by atoms with Crippen molar-refractivity contribution in [3.8, 4) is 5.82 Å². The number of hydrogen-bond acceptors (Lipinski definition) is 5. The fourth-order valence-corrected chi connectivity index (χ4v) is 2.16. The molecule has 0 bridgehead atoms. The lowest BCUT2D eigenvalue weighted by atomic mass is 10.4. The summed E-state index contributed by atoms with van der Waals surface area (Å²) in [5, 5.41) is 4.29. The van der Waals surface area contributed by atoms with Crippen LogP contribution >= 0.6 is 0 Å². The van der Waals surface area contributed by atoms with Crippen LogP contribution in [0.25, 0.3) is 5.82 Å². The quantitative estimate of drug-likeness (QED) is 0.886. The molecule has 8 nitrogen and oxygen atoms in total. The van der Waals surface area contributed by atoms with Gasteiger partial charge in [-0.25, -0.2) is 14.6 Å². The molecule has 9 heteroatoms. The number of nitrogens with zero attached hydrogens (tertiary/aromatic N) is 5. The van der Waals surface area contributed by atoms with Crippen molar-refractivity contribution in [2.75, 3.05) is 18.8 Å². The third-order valence-corrected chi connectivity index (χ3v) is 4.02. The van der Waals surface area contributed by atoms with Gasteiger partial charge in [0.05, 0.1) is 5.69 Å². The molecule has 0 amide bonds. The highest BCUT2D eigenvalue weighted by Gasteiger charge is 2.15. The summed E-state index contributed by atoms with van der Waals surface area (Å²) in [6, 6.07) is 3.44. The molecule has 0 radical (unpaired) electrons. The topological polar surface area (TPSA) is 93.0 Å². The van der Waals surface area contributed by atoms with Gasteiger partial charge in [-0.3, -0.25) is 4.72 Å². The molecular weight excluding hydrogens is 280 g/mol. The Bertz CT molecular complexity index is 722. The van der Waals surface area contributed by atoms with Crippen LogP contribution in [0.5, 0.6) is 0 Å². The predicted octanol–water partition coefficient (Wildman–Crippen LogP) is 0.497. The Labute approximate surface area is 117 Å². The van der Waals surface area contributed by atoms with Gasteiger partial charge in [0.25, 0.3) is 0 Å². The highest BCUT2D eigenvalue weighted by atomic mass is 32.2. The number of rotatable bonds is 4. The lowest BCUT2D eigenvalue weighted by molar-refractivity contribution is 0.526. The van der Waals surface area contributed by atoms with E-state index in [1.807, 2.05) is 19.9 Å². The normalized spacial score (nSPS) is 11.8. The summed E-state index contributed by atoms with van der Waals surface area (Å²) in [5.74, 6) is 0.693. The molecule has 20 heavy (non-hydrogen) atoms. The molecule has 0 fully saturated rings. The van der Waals surface area contributed by atoms with E-state index in [9.17, 15) is 8.42 Å². The maximum absolute atomic E-state index is 11.8. The first-order valence-corrected chi connectivity index (χ1v) is 7.29. The molecule has 0 saturated carbocycles. The minimum absolute atomic E-state index is 0.191. The smallest absolute Gasteiger partial charge is 0.254 e. The van der Waals surface area contributed by atoms with Crippen LogP contribution < -0.4 is 4.72 Å². The number of aryl methyl sites for hydroxylation is 2. The van der Waals surface area contributed by atoms with Crippen LogP contribution in [0.4, 0.5) is 5.82 Å². The molecular formula is C11H16N6O2S. The van der Waals surface area contributed by atoms with Gasteiger partial charge in [-0.2, -0.15) is 17.8 Å². The average molecular weight is 296 g/mol. The Morgan fingerprint density at radius 1 is 1.20 bits per heavy atom. The lowest BCUT2D eigenvalue weighted by Gasteiger charge is -2.13. The van der Waals surface area contributed by atoms with Crippen molar-refractivity contribution in [1.29, 1.82) is 0 Å². The Morgan fingerprint density at radius 2 is 1.90 bits per heavy atom. The first kappa shape index (κ1) is 14.4. The van der Waals surface area contributed by atoms with E-state index in [1.54, 1.807) is 4.68 Å². The fraction of sp³-hybridized carbons (Fsp3) is 0.364. The number of anilines is 1. The van der Waals surface area contributed by atoms with E-state index >= 15 is 0 Å². The molecule has 0 aromatic carbocycles. The summed E-state index contributed by atoms with van der Waals surface area (Å²) in [7, 11) is -0.720. The summed E-state index contributed by atoms with van der Waals surface area (Å²) in [5.41, 5.74) is 1.76. The zero-order valence-corrected chi connectivity index (χ0v) is 12.5. The Hall–Kier alpha value is -2.00. The summed E-state index contributed by atoms with van der Waals surface area (Å²) >= 11 is 0. The van der Waals surface area contributed by atoms with Crippen LogP contribution in [0.1, 0.15) is 11.4 Å². The van der Waals surface area contributed by atoms with E-state index in [0.717, 1.165) is 15.7 Å². The molecule has 2 aromatic heterocycles. The van der Waals surface area contributed by atoms with Gasteiger partial charge >= 0.3 is 10.2 Å². The third-order valence-electron chi connectivity index (χ3n) is 2.59. The van der Waals surface area contributed by atoms with Crippen LogP contribution in [0.15, 0.2) is 18.5 Å². The number of hydrogen-bond donors (Lipinski definition) is 1. The minimum Gasteiger partial charge on any atom is -0.254 e. The Balaban J connectivity index is 2.36. The van der Waals surface area contributed by atoms with Crippen molar-refractivity contribution in [3.05, 3.63) is 29.8 Å². The van der Waals surface area contributed by atoms with Crippen LogP contribution in [-0.2, 0) is 10.2 Å². The van der Waals surface area contributed by atoms with Crippen LogP contribution in [0, 0.1) is 13.8 Å². The van der Waals surface area contributed by atoms with E-state index in [1.165, 1.54) is 26.5 Å². The maximum Gasteiger partial charge on any atom is 0.302 e. The molecule has 0 saturated heterocycles. The third kappa shape index (κ3) is 2.94. The van der Waals surface area contributed by atoms with Crippen molar-refractivity contribution in [2.45, 2.75) is 13.8 Å². The van der Waals surface area contributed by atoms with Crippen molar-refractivity contribution < 1.29 is 8.42 Å². The van der Waals surface area contributed by atoms with E-state index in [-0.39, 0.29) is 5.82 Å². The monoisotopic (exact) mass is 296 g/mol. The van der Waals surface area contributed by atoms with Gasteiger partial charge in [0, 0.05) is 25.9 Å². The van der Waals surface area contributed by atoms with E-state index in [2.05, 4.69) is 19.8 Å². The molecule has 1 N–H and O–H groups in total. The number of aromatic nitrogens is 4. The summed E-state index contributed by atoms with van der Waals surface area (Å²) < 4.78 is 28.6. The van der Waals surface area contributed by atoms with Crippen molar-refractivity contribution in [3.63, 3.8) is 0 Å². The highest BCUT2D eigenvalue weighted by molar-refractivity contribution is 7.90. The molecule has 0 spiro atoms. The predicted molar refractivity (Wildman–Crippen MR) is 74.9 cm³/mol. The highest BCUT2D eigenvalue weighted by Crippen LogP contribution is 2.13. The van der Waals surface area contributed by atoms with E-state index in [0.29, 0.717) is 5.82 Å². The molecule has 0 aliphatic rings. The SMILES string of the molecule is Cc1cc(C)n(-c2cc(NS(=O)(=O)N(C)C)ncn2)n1. The fourth-order valence-electron chi connectivity index (χ4n) is 1.60. The van der Waals surface area contributed by atoms with Gasteiger partial charge in [-0.05, 0) is 19.9 Å².